The van der Waals surface area contributed by atoms with Crippen LogP contribution in [0.15, 0.2) is 12.1 Å². The van der Waals surface area contributed by atoms with Crippen molar-refractivity contribution in [3.8, 4) is 0 Å². The molecule has 0 aromatic carbocycles. The zero-order valence-electron chi connectivity index (χ0n) is 10.2. The second kappa shape index (κ2) is 5.93. The summed E-state index contributed by atoms with van der Waals surface area (Å²) in [5, 5.41) is 11.7. The lowest BCUT2D eigenvalue weighted by Gasteiger charge is -2.21. The molecule has 1 unspecified atom stereocenters. The van der Waals surface area contributed by atoms with Gasteiger partial charge in [-0.05, 0) is 31.9 Å². The first-order valence-electron chi connectivity index (χ1n) is 6.17. The minimum Gasteiger partial charge on any atom is -0.381 e. The summed E-state index contributed by atoms with van der Waals surface area (Å²) in [6, 6.07) is 4.25. The summed E-state index contributed by atoms with van der Waals surface area (Å²) in [7, 11) is 0. The van der Waals surface area contributed by atoms with Crippen LogP contribution in [0.5, 0.6) is 0 Å². The van der Waals surface area contributed by atoms with E-state index in [1.807, 2.05) is 13.0 Å². The zero-order valence-corrected chi connectivity index (χ0v) is 10.2. The number of aromatic nitrogens is 2. The molecule has 3 N–H and O–H groups in total. The number of rotatable bonds is 4. The van der Waals surface area contributed by atoms with Crippen molar-refractivity contribution in [2.24, 2.45) is 5.73 Å². The Kier molecular flexibility index (Phi) is 4.28. The first-order valence-corrected chi connectivity index (χ1v) is 6.17. The fourth-order valence-corrected chi connectivity index (χ4v) is 1.94. The van der Waals surface area contributed by atoms with Crippen LogP contribution in [-0.2, 0) is 4.74 Å². The summed E-state index contributed by atoms with van der Waals surface area (Å²) in [5.41, 5.74) is 6.61. The predicted molar refractivity (Wildman–Crippen MR) is 67.0 cm³/mol. The van der Waals surface area contributed by atoms with E-state index in [1.54, 1.807) is 0 Å². The Labute approximate surface area is 102 Å². The average Bonchev–Trinajstić information content (AvgIpc) is 2.40. The molecule has 17 heavy (non-hydrogen) atoms. The Morgan fingerprint density at radius 1 is 1.41 bits per heavy atom. The lowest BCUT2D eigenvalue weighted by Crippen LogP contribution is -2.26. The van der Waals surface area contributed by atoms with Gasteiger partial charge in [-0.25, -0.2) is 0 Å². The van der Waals surface area contributed by atoms with Gasteiger partial charge >= 0.3 is 0 Å². The number of nitrogens with one attached hydrogen (secondary N) is 1. The first kappa shape index (κ1) is 12.3. The molecule has 5 heteroatoms. The van der Waals surface area contributed by atoms with Crippen LogP contribution in [0.2, 0.25) is 0 Å². The molecule has 0 saturated carbocycles. The zero-order chi connectivity index (χ0) is 12.1. The van der Waals surface area contributed by atoms with E-state index in [0.717, 1.165) is 37.6 Å². The number of hydrogen-bond donors (Lipinski definition) is 2. The van der Waals surface area contributed by atoms with Gasteiger partial charge in [-0.15, -0.1) is 5.10 Å². The maximum atomic E-state index is 5.54. The summed E-state index contributed by atoms with van der Waals surface area (Å²) >= 11 is 0. The second-order valence-electron chi connectivity index (χ2n) is 4.51. The quantitative estimate of drug-likeness (QED) is 0.820. The van der Waals surface area contributed by atoms with Crippen LogP contribution in [0.1, 0.15) is 31.4 Å². The molecule has 0 amide bonds. The van der Waals surface area contributed by atoms with E-state index in [0.29, 0.717) is 12.5 Å². The summed E-state index contributed by atoms with van der Waals surface area (Å²) in [6.07, 6.45) is 2.08. The van der Waals surface area contributed by atoms with Gasteiger partial charge in [-0.1, -0.05) is 0 Å². The number of anilines is 1. The van der Waals surface area contributed by atoms with Crippen LogP contribution in [-0.4, -0.2) is 36.0 Å². The Morgan fingerprint density at radius 3 is 2.76 bits per heavy atom. The van der Waals surface area contributed by atoms with Crippen molar-refractivity contribution in [3.63, 3.8) is 0 Å². The summed E-state index contributed by atoms with van der Waals surface area (Å²) < 4.78 is 5.34. The van der Waals surface area contributed by atoms with Gasteiger partial charge in [0.05, 0.1) is 5.69 Å². The van der Waals surface area contributed by atoms with Crippen LogP contribution in [0.4, 0.5) is 5.82 Å². The molecule has 1 aliphatic rings. The number of nitrogens with two attached hydrogens (primary N) is 1. The minimum atomic E-state index is 0.221. The molecule has 1 saturated heterocycles. The molecule has 0 spiro atoms. The Hall–Kier alpha value is -1.20. The van der Waals surface area contributed by atoms with Crippen molar-refractivity contribution in [1.29, 1.82) is 0 Å². The SMILES string of the molecule is CC(CN)Nc1ccc(C2CCOCC2)nn1. The summed E-state index contributed by atoms with van der Waals surface area (Å²) in [5.74, 6) is 1.29. The van der Waals surface area contributed by atoms with E-state index < -0.39 is 0 Å². The standard InChI is InChI=1S/C12H20N4O/c1-9(8-13)14-12-3-2-11(15-16-12)10-4-6-17-7-5-10/h2-3,9-10H,4-8,13H2,1H3,(H,14,16). The molecular weight excluding hydrogens is 216 g/mol. The molecule has 94 valence electrons. The lowest BCUT2D eigenvalue weighted by atomic mass is 9.96. The lowest BCUT2D eigenvalue weighted by molar-refractivity contribution is 0.0843. The van der Waals surface area contributed by atoms with Gasteiger partial charge in [-0.2, -0.15) is 5.10 Å². The highest BCUT2D eigenvalue weighted by Gasteiger charge is 2.17. The van der Waals surface area contributed by atoms with Gasteiger partial charge in [0.1, 0.15) is 5.82 Å². The van der Waals surface area contributed by atoms with Gasteiger partial charge < -0.3 is 15.8 Å². The van der Waals surface area contributed by atoms with Crippen molar-refractivity contribution in [2.45, 2.75) is 31.7 Å². The molecule has 1 aromatic rings. The van der Waals surface area contributed by atoms with Crippen molar-refractivity contribution in [1.82, 2.24) is 10.2 Å². The van der Waals surface area contributed by atoms with E-state index in [4.69, 9.17) is 10.5 Å². The third kappa shape index (κ3) is 3.38. The van der Waals surface area contributed by atoms with Crippen LogP contribution in [0.25, 0.3) is 0 Å². The predicted octanol–water partition coefficient (Wildman–Crippen LogP) is 1.13. The van der Waals surface area contributed by atoms with E-state index in [9.17, 15) is 0 Å². The molecule has 1 aromatic heterocycles. The molecule has 1 fully saturated rings. The third-order valence-corrected chi connectivity index (χ3v) is 3.07. The largest absolute Gasteiger partial charge is 0.381 e. The van der Waals surface area contributed by atoms with Crippen molar-refractivity contribution in [3.05, 3.63) is 17.8 Å². The van der Waals surface area contributed by atoms with Crippen LogP contribution >= 0.6 is 0 Å². The molecule has 2 heterocycles. The molecular formula is C12H20N4O. The molecule has 0 aliphatic carbocycles. The van der Waals surface area contributed by atoms with Crippen LogP contribution in [0.3, 0.4) is 0 Å². The molecule has 0 bridgehead atoms. The van der Waals surface area contributed by atoms with Gasteiger partial charge in [0.15, 0.2) is 0 Å². The number of nitrogens with zero attached hydrogens (tertiary/aromatic N) is 2. The van der Waals surface area contributed by atoms with Gasteiger partial charge in [-0.3, -0.25) is 0 Å². The summed E-state index contributed by atoms with van der Waals surface area (Å²) in [6.45, 7) is 4.27. The highest BCUT2D eigenvalue weighted by atomic mass is 16.5. The molecule has 2 rings (SSSR count). The topological polar surface area (TPSA) is 73.1 Å². The van der Waals surface area contributed by atoms with Crippen molar-refractivity contribution >= 4 is 5.82 Å². The number of hydrogen-bond acceptors (Lipinski definition) is 5. The van der Waals surface area contributed by atoms with E-state index in [1.165, 1.54) is 0 Å². The monoisotopic (exact) mass is 236 g/mol. The average molecular weight is 236 g/mol. The fraction of sp³-hybridized carbons (Fsp3) is 0.667. The third-order valence-electron chi connectivity index (χ3n) is 3.07. The van der Waals surface area contributed by atoms with Gasteiger partial charge in [0, 0.05) is 31.7 Å². The molecule has 1 atom stereocenters. The van der Waals surface area contributed by atoms with Crippen molar-refractivity contribution < 1.29 is 4.74 Å². The number of ether oxygens (including phenoxy) is 1. The van der Waals surface area contributed by atoms with Gasteiger partial charge in [0.25, 0.3) is 0 Å². The van der Waals surface area contributed by atoms with E-state index in [-0.39, 0.29) is 6.04 Å². The smallest absolute Gasteiger partial charge is 0.148 e. The summed E-state index contributed by atoms with van der Waals surface area (Å²) in [4.78, 5) is 0. The maximum Gasteiger partial charge on any atom is 0.148 e. The Morgan fingerprint density at radius 2 is 2.18 bits per heavy atom. The molecule has 0 radical (unpaired) electrons. The van der Waals surface area contributed by atoms with Crippen molar-refractivity contribution in [2.75, 3.05) is 25.1 Å². The first-order chi connectivity index (χ1) is 8.29. The Bertz CT molecular complexity index is 335. The van der Waals surface area contributed by atoms with E-state index >= 15 is 0 Å². The normalized spacial score (nSPS) is 18.9. The molecule has 5 nitrogen and oxygen atoms in total. The van der Waals surface area contributed by atoms with Crippen LogP contribution < -0.4 is 11.1 Å². The van der Waals surface area contributed by atoms with E-state index in [2.05, 4.69) is 21.6 Å². The minimum absolute atomic E-state index is 0.221. The second-order valence-corrected chi connectivity index (χ2v) is 4.51. The van der Waals surface area contributed by atoms with Gasteiger partial charge in [0.2, 0.25) is 0 Å². The highest BCUT2D eigenvalue weighted by Crippen LogP contribution is 2.25. The highest BCUT2D eigenvalue weighted by molar-refractivity contribution is 5.34. The Balaban J connectivity index is 1.97. The maximum absolute atomic E-state index is 5.54. The van der Waals surface area contributed by atoms with Crippen LogP contribution in [0, 0.1) is 0 Å². The molecule has 1 aliphatic heterocycles. The fourth-order valence-electron chi connectivity index (χ4n) is 1.94.